The molecule has 3 atom stereocenters. The van der Waals surface area contributed by atoms with Crippen molar-refractivity contribution in [3.63, 3.8) is 0 Å². The van der Waals surface area contributed by atoms with Crippen molar-refractivity contribution >= 4 is 11.8 Å². The van der Waals surface area contributed by atoms with E-state index in [1.54, 1.807) is 36.5 Å². The zero-order valence-electron chi connectivity index (χ0n) is 21.0. The minimum absolute atomic E-state index is 0.128. The molecule has 2 unspecified atom stereocenters. The number of rotatable bonds is 10. The second-order valence-corrected chi connectivity index (χ2v) is 9.43. The van der Waals surface area contributed by atoms with Crippen LogP contribution in [0.3, 0.4) is 0 Å². The molecular weight excluding hydrogens is 458 g/mol. The smallest absolute Gasteiger partial charge is 0.256 e. The van der Waals surface area contributed by atoms with E-state index in [0.29, 0.717) is 31.6 Å². The first-order valence-corrected chi connectivity index (χ1v) is 12.8. The lowest BCUT2D eigenvalue weighted by atomic mass is 9.93. The van der Waals surface area contributed by atoms with Crippen molar-refractivity contribution in [2.24, 2.45) is 5.73 Å². The van der Waals surface area contributed by atoms with Gasteiger partial charge in [-0.05, 0) is 55.5 Å². The predicted octanol–water partition coefficient (Wildman–Crippen LogP) is 1.82. The van der Waals surface area contributed by atoms with Crippen LogP contribution < -0.4 is 15.8 Å². The fourth-order valence-electron chi connectivity index (χ4n) is 5.10. The van der Waals surface area contributed by atoms with E-state index in [1.165, 1.54) is 5.56 Å². The molecular formula is C27H37N5O4. The number of hydrogen-bond donors (Lipinski definition) is 2. The van der Waals surface area contributed by atoms with Gasteiger partial charge in [0.15, 0.2) is 0 Å². The number of aromatic nitrogens is 1. The van der Waals surface area contributed by atoms with Crippen LogP contribution in [0.4, 0.5) is 0 Å². The number of hydrogen-bond acceptors (Lipinski definition) is 7. The Morgan fingerprint density at radius 2 is 2.08 bits per heavy atom. The van der Waals surface area contributed by atoms with Crippen molar-refractivity contribution in [2.75, 3.05) is 39.9 Å². The monoisotopic (exact) mass is 495 g/mol. The summed E-state index contributed by atoms with van der Waals surface area (Å²) in [6, 6.07) is 11.1. The van der Waals surface area contributed by atoms with Gasteiger partial charge in [-0.15, -0.1) is 0 Å². The van der Waals surface area contributed by atoms with Gasteiger partial charge in [0.2, 0.25) is 5.91 Å². The molecule has 0 spiro atoms. The summed E-state index contributed by atoms with van der Waals surface area (Å²) in [5, 5.41) is 2.90. The summed E-state index contributed by atoms with van der Waals surface area (Å²) < 4.78 is 11.3. The summed E-state index contributed by atoms with van der Waals surface area (Å²) in [5.74, 6) is 0.488. The molecule has 2 amide bonds. The molecule has 1 aromatic heterocycles. The molecule has 9 heteroatoms. The Morgan fingerprint density at radius 1 is 1.25 bits per heavy atom. The number of nitrogens with one attached hydrogen (secondary N) is 1. The molecule has 36 heavy (non-hydrogen) atoms. The number of pyridine rings is 1. The Kier molecular flexibility index (Phi) is 9.27. The van der Waals surface area contributed by atoms with Crippen LogP contribution >= 0.6 is 0 Å². The van der Waals surface area contributed by atoms with Gasteiger partial charge in [0.05, 0.1) is 18.8 Å². The Labute approximate surface area is 212 Å². The van der Waals surface area contributed by atoms with E-state index in [4.69, 9.17) is 15.2 Å². The second-order valence-electron chi connectivity index (χ2n) is 9.43. The van der Waals surface area contributed by atoms with Crippen molar-refractivity contribution in [3.8, 4) is 5.75 Å². The summed E-state index contributed by atoms with van der Waals surface area (Å²) >= 11 is 0. The first-order chi connectivity index (χ1) is 17.6. The van der Waals surface area contributed by atoms with Gasteiger partial charge in [-0.1, -0.05) is 12.1 Å². The molecule has 2 aromatic rings. The molecule has 0 saturated carbocycles. The Bertz CT molecular complexity index is 981. The van der Waals surface area contributed by atoms with Crippen molar-refractivity contribution in [1.82, 2.24) is 20.1 Å². The number of carbonyl (C=O) groups is 2. The molecule has 2 aliphatic rings. The van der Waals surface area contributed by atoms with Crippen molar-refractivity contribution < 1.29 is 19.1 Å². The molecule has 1 aromatic carbocycles. The van der Waals surface area contributed by atoms with E-state index in [-0.39, 0.29) is 24.0 Å². The molecule has 0 aliphatic carbocycles. The number of piperidine rings is 1. The van der Waals surface area contributed by atoms with Crippen LogP contribution in [0, 0.1) is 0 Å². The first kappa shape index (κ1) is 26.1. The largest absolute Gasteiger partial charge is 0.497 e. The van der Waals surface area contributed by atoms with E-state index < -0.39 is 6.04 Å². The molecule has 194 valence electrons. The lowest BCUT2D eigenvalue weighted by Gasteiger charge is -2.43. The first-order valence-electron chi connectivity index (χ1n) is 12.8. The van der Waals surface area contributed by atoms with Crippen LogP contribution in [-0.4, -0.2) is 84.7 Å². The summed E-state index contributed by atoms with van der Waals surface area (Å²) in [5.41, 5.74) is 7.29. The molecule has 0 bridgehead atoms. The average molecular weight is 496 g/mol. The molecule has 2 saturated heterocycles. The van der Waals surface area contributed by atoms with E-state index >= 15 is 0 Å². The number of amides is 2. The normalized spacial score (nSPS) is 22.0. The number of benzene rings is 1. The van der Waals surface area contributed by atoms with Crippen molar-refractivity contribution in [3.05, 3.63) is 59.9 Å². The third-order valence-corrected chi connectivity index (χ3v) is 7.01. The molecule has 4 rings (SSSR count). The van der Waals surface area contributed by atoms with Crippen LogP contribution in [0.2, 0.25) is 0 Å². The second kappa shape index (κ2) is 12.8. The number of nitrogens with two attached hydrogens (primary N) is 1. The van der Waals surface area contributed by atoms with Gasteiger partial charge in [-0.2, -0.15) is 0 Å². The summed E-state index contributed by atoms with van der Waals surface area (Å²) in [6.07, 6.45) is 6.80. The molecule has 0 radical (unpaired) electrons. The highest BCUT2D eigenvalue weighted by Crippen LogP contribution is 2.27. The Hall–Kier alpha value is -3.01. The van der Waals surface area contributed by atoms with Gasteiger partial charge >= 0.3 is 0 Å². The quantitative estimate of drug-likeness (QED) is 0.517. The number of likely N-dealkylation sites (tertiary alicyclic amines) is 1. The van der Waals surface area contributed by atoms with Gasteiger partial charge in [-0.25, -0.2) is 0 Å². The topological polar surface area (TPSA) is 110 Å². The van der Waals surface area contributed by atoms with Crippen LogP contribution in [0.25, 0.3) is 0 Å². The van der Waals surface area contributed by atoms with Gasteiger partial charge in [0.1, 0.15) is 11.8 Å². The Balaban J connectivity index is 1.54. The van der Waals surface area contributed by atoms with Gasteiger partial charge in [0.25, 0.3) is 5.91 Å². The third-order valence-electron chi connectivity index (χ3n) is 7.01. The maximum Gasteiger partial charge on any atom is 0.256 e. The van der Waals surface area contributed by atoms with E-state index in [1.807, 2.05) is 12.1 Å². The molecule has 2 fully saturated rings. The van der Waals surface area contributed by atoms with Crippen LogP contribution in [0.15, 0.2) is 48.8 Å². The highest BCUT2D eigenvalue weighted by Gasteiger charge is 2.39. The van der Waals surface area contributed by atoms with Crippen molar-refractivity contribution in [2.45, 2.75) is 50.4 Å². The Morgan fingerprint density at radius 3 is 2.75 bits per heavy atom. The minimum Gasteiger partial charge on any atom is -0.497 e. The van der Waals surface area contributed by atoms with Crippen LogP contribution in [0.1, 0.15) is 41.6 Å². The maximum atomic E-state index is 13.3. The van der Waals surface area contributed by atoms with Crippen LogP contribution in [0.5, 0.6) is 5.75 Å². The van der Waals surface area contributed by atoms with E-state index in [2.05, 4.69) is 27.3 Å². The standard InChI is InChI=1S/C27H37N5O4/c1-35-23-8-6-20(7-9-23)18-31(19-24-5-3-15-36-24)22-10-14-32(25(16-22)26(33)30-13-11-28)27(34)21-4-2-12-29-17-21/h2,4,6-9,12,17,22,24-25H,3,5,10-11,13-16,18-19,28H2,1H3,(H,30,33)/t22?,24?,25-/m1/s1. The molecule has 3 heterocycles. The van der Waals surface area contributed by atoms with E-state index in [0.717, 1.165) is 44.7 Å². The maximum absolute atomic E-state index is 13.3. The van der Waals surface area contributed by atoms with Crippen LogP contribution in [-0.2, 0) is 16.1 Å². The fraction of sp³-hybridized carbons (Fsp3) is 0.519. The number of nitrogens with zero attached hydrogens (tertiary/aromatic N) is 3. The number of carbonyl (C=O) groups excluding carboxylic acids is 2. The van der Waals surface area contributed by atoms with E-state index in [9.17, 15) is 9.59 Å². The SMILES string of the molecule is COc1ccc(CN(CC2CCCO2)C2CCN(C(=O)c3cccnc3)[C@@H](C(=O)NCCN)C2)cc1. The fourth-order valence-corrected chi connectivity index (χ4v) is 5.10. The van der Waals surface area contributed by atoms with Gasteiger partial charge in [0, 0.05) is 57.8 Å². The molecule has 3 N–H and O–H groups in total. The highest BCUT2D eigenvalue weighted by atomic mass is 16.5. The zero-order valence-corrected chi connectivity index (χ0v) is 21.0. The summed E-state index contributed by atoms with van der Waals surface area (Å²) in [6.45, 7) is 3.54. The minimum atomic E-state index is -0.578. The lowest BCUT2D eigenvalue weighted by molar-refractivity contribution is -0.127. The molecule has 2 aliphatic heterocycles. The zero-order chi connectivity index (χ0) is 25.3. The molecule has 9 nitrogen and oxygen atoms in total. The predicted molar refractivity (Wildman–Crippen MR) is 137 cm³/mol. The average Bonchev–Trinajstić information content (AvgIpc) is 3.44. The summed E-state index contributed by atoms with van der Waals surface area (Å²) in [7, 11) is 1.66. The third kappa shape index (κ3) is 6.60. The number of ether oxygens (including phenoxy) is 2. The van der Waals surface area contributed by atoms with Crippen molar-refractivity contribution in [1.29, 1.82) is 0 Å². The lowest BCUT2D eigenvalue weighted by Crippen LogP contribution is -2.58. The van der Waals surface area contributed by atoms with Gasteiger partial charge < -0.3 is 25.4 Å². The van der Waals surface area contributed by atoms with Gasteiger partial charge in [-0.3, -0.25) is 19.5 Å². The summed E-state index contributed by atoms with van der Waals surface area (Å²) in [4.78, 5) is 34.7. The highest BCUT2D eigenvalue weighted by molar-refractivity contribution is 5.97. The number of methoxy groups -OCH3 is 1.